The van der Waals surface area contributed by atoms with E-state index in [0.717, 1.165) is 16.3 Å². The quantitative estimate of drug-likeness (QED) is 0.161. The predicted octanol–water partition coefficient (Wildman–Crippen LogP) is 6.53. The lowest BCUT2D eigenvalue weighted by Gasteiger charge is -2.27. The number of halogens is 7. The van der Waals surface area contributed by atoms with Crippen molar-refractivity contribution in [3.63, 3.8) is 0 Å². The molecule has 0 heterocycles. The number of hydrazone groups is 1. The van der Waals surface area contributed by atoms with Gasteiger partial charge in [0.05, 0.1) is 12.8 Å². The zero-order chi connectivity index (χ0) is 25.0. The minimum Gasteiger partial charge on any atom is -0.490 e. The summed E-state index contributed by atoms with van der Waals surface area (Å²) in [5.41, 5.74) is 1.58. The maximum absolute atomic E-state index is 13.3. The van der Waals surface area contributed by atoms with Gasteiger partial charge in [0, 0.05) is 0 Å². The monoisotopic (exact) mass is 488 g/mol. The highest BCUT2D eigenvalue weighted by Crippen LogP contribution is 2.45. The van der Waals surface area contributed by atoms with Gasteiger partial charge >= 0.3 is 18.1 Å². The Kier molecular flexibility index (Phi) is 7.23. The van der Waals surface area contributed by atoms with Gasteiger partial charge in [-0.2, -0.15) is 35.8 Å². The number of nitrogens with zero attached hydrogens (tertiary/aromatic N) is 1. The van der Waals surface area contributed by atoms with Crippen molar-refractivity contribution in [2.45, 2.75) is 31.7 Å². The second-order valence-corrected chi connectivity index (χ2v) is 7.08. The first-order chi connectivity index (χ1) is 16.0. The molecule has 0 saturated heterocycles. The number of hydrogen-bond acceptors (Lipinski definition) is 4. The average Bonchev–Trinajstić information content (AvgIpc) is 2.78. The Hall–Kier alpha value is -3.50. The molecule has 0 unspecified atom stereocenters. The van der Waals surface area contributed by atoms with E-state index in [2.05, 4.69) is 5.10 Å². The van der Waals surface area contributed by atoms with Crippen LogP contribution in [-0.2, 0) is 6.61 Å². The van der Waals surface area contributed by atoms with Crippen LogP contribution in [0, 0.1) is 0 Å². The Balaban J connectivity index is 1.75. The molecule has 0 spiro atoms. The van der Waals surface area contributed by atoms with Gasteiger partial charge in [-0.05, 0) is 47.0 Å². The number of nitrogens with one attached hydrogen (secondary N) is 1. The van der Waals surface area contributed by atoms with E-state index < -0.39 is 18.1 Å². The SMILES string of the molecule is CCOc1cc(/C=N/NC(F)(F)C(F)(F)C(F)(F)F)ccc1OCc1cccc2ccccc12. The first kappa shape index (κ1) is 25.1. The van der Waals surface area contributed by atoms with E-state index >= 15 is 0 Å². The largest absolute Gasteiger partial charge is 0.490 e. The molecule has 0 fully saturated rings. The molecule has 0 aromatic heterocycles. The van der Waals surface area contributed by atoms with E-state index in [1.165, 1.54) is 18.2 Å². The lowest BCUT2D eigenvalue weighted by Crippen LogP contribution is -2.58. The van der Waals surface area contributed by atoms with Crippen molar-refractivity contribution in [3.8, 4) is 11.5 Å². The lowest BCUT2D eigenvalue weighted by atomic mass is 10.1. The third-order valence-corrected chi connectivity index (χ3v) is 4.70. The highest BCUT2D eigenvalue weighted by Gasteiger charge is 2.73. The van der Waals surface area contributed by atoms with Gasteiger partial charge in [0.2, 0.25) is 0 Å². The van der Waals surface area contributed by atoms with E-state index in [9.17, 15) is 30.7 Å². The highest BCUT2D eigenvalue weighted by atomic mass is 19.4. The molecule has 0 saturated carbocycles. The number of alkyl halides is 7. The van der Waals surface area contributed by atoms with Crippen molar-refractivity contribution in [1.29, 1.82) is 0 Å². The van der Waals surface area contributed by atoms with Gasteiger partial charge in [-0.15, -0.1) is 0 Å². The summed E-state index contributed by atoms with van der Waals surface area (Å²) in [6.07, 6.45) is -5.79. The molecule has 3 rings (SSSR count). The fourth-order valence-corrected chi connectivity index (χ4v) is 3.00. The summed E-state index contributed by atoms with van der Waals surface area (Å²) in [6, 6.07) is 11.9. The predicted molar refractivity (Wildman–Crippen MR) is 113 cm³/mol. The van der Waals surface area contributed by atoms with Gasteiger partial charge in [-0.25, -0.2) is 5.43 Å². The van der Waals surface area contributed by atoms with Crippen LogP contribution >= 0.6 is 0 Å². The molecule has 0 amide bonds. The van der Waals surface area contributed by atoms with Gasteiger partial charge in [-0.1, -0.05) is 42.5 Å². The molecule has 1 N–H and O–H groups in total. The summed E-state index contributed by atoms with van der Waals surface area (Å²) in [5.74, 6) is -5.79. The molecular formula is C23H19F7N2O2. The van der Waals surface area contributed by atoms with Crippen molar-refractivity contribution in [2.24, 2.45) is 5.10 Å². The molecule has 182 valence electrons. The van der Waals surface area contributed by atoms with Gasteiger partial charge in [0.1, 0.15) is 6.61 Å². The molecular weight excluding hydrogens is 469 g/mol. The Bertz CT molecular complexity index is 1160. The van der Waals surface area contributed by atoms with Crippen LogP contribution in [0.2, 0.25) is 0 Å². The van der Waals surface area contributed by atoms with Crippen molar-refractivity contribution < 1.29 is 40.2 Å². The molecule has 3 aromatic rings. The number of benzene rings is 3. The van der Waals surface area contributed by atoms with Crippen LogP contribution in [0.1, 0.15) is 18.1 Å². The minimum absolute atomic E-state index is 0.0968. The highest BCUT2D eigenvalue weighted by molar-refractivity contribution is 5.85. The molecule has 11 heteroatoms. The van der Waals surface area contributed by atoms with Crippen LogP contribution in [0.25, 0.3) is 10.8 Å². The summed E-state index contributed by atoms with van der Waals surface area (Å²) in [4.78, 5) is 0. The average molecular weight is 488 g/mol. The summed E-state index contributed by atoms with van der Waals surface area (Å²) in [5, 5.41) is 4.87. The van der Waals surface area contributed by atoms with Gasteiger partial charge in [0.15, 0.2) is 11.5 Å². The maximum atomic E-state index is 13.3. The first-order valence-corrected chi connectivity index (χ1v) is 9.95. The van der Waals surface area contributed by atoms with Gasteiger partial charge in [0.25, 0.3) is 0 Å². The molecule has 0 radical (unpaired) electrons. The molecule has 3 aromatic carbocycles. The normalized spacial score (nSPS) is 12.8. The Morgan fingerprint density at radius 1 is 0.853 bits per heavy atom. The molecule has 34 heavy (non-hydrogen) atoms. The zero-order valence-electron chi connectivity index (χ0n) is 17.7. The number of ether oxygens (including phenoxy) is 2. The Morgan fingerprint density at radius 2 is 1.56 bits per heavy atom. The van der Waals surface area contributed by atoms with Crippen LogP contribution in [0.5, 0.6) is 11.5 Å². The van der Waals surface area contributed by atoms with E-state index in [4.69, 9.17) is 9.47 Å². The van der Waals surface area contributed by atoms with E-state index in [1.807, 2.05) is 42.5 Å². The fourth-order valence-electron chi connectivity index (χ4n) is 3.00. The number of rotatable bonds is 9. The lowest BCUT2D eigenvalue weighted by molar-refractivity contribution is -0.361. The molecule has 0 aliphatic rings. The van der Waals surface area contributed by atoms with E-state index in [-0.39, 0.29) is 24.5 Å². The minimum atomic E-state index is -6.45. The zero-order valence-corrected chi connectivity index (χ0v) is 17.7. The summed E-state index contributed by atoms with van der Waals surface area (Å²) in [6.45, 7) is 2.10. The second kappa shape index (κ2) is 9.78. The molecule has 4 nitrogen and oxygen atoms in total. The second-order valence-electron chi connectivity index (χ2n) is 7.08. The van der Waals surface area contributed by atoms with Crippen LogP contribution in [-0.4, -0.2) is 31.0 Å². The summed E-state index contributed by atoms with van der Waals surface area (Å²) < 4.78 is 100. The van der Waals surface area contributed by atoms with Gasteiger partial charge in [-0.3, -0.25) is 0 Å². The van der Waals surface area contributed by atoms with Crippen LogP contribution in [0.15, 0.2) is 65.8 Å². The maximum Gasteiger partial charge on any atom is 0.462 e. The first-order valence-electron chi connectivity index (χ1n) is 9.95. The summed E-state index contributed by atoms with van der Waals surface area (Å²) in [7, 11) is 0. The number of fused-ring (bicyclic) bond motifs is 1. The summed E-state index contributed by atoms with van der Waals surface area (Å²) >= 11 is 0. The standard InChI is InChI=1S/C23H19F7N2O2/c1-2-33-20-12-15(13-31-32-23(29,30)21(24,25)22(26,27)28)10-11-19(20)34-14-17-8-5-7-16-6-3-4-9-18(16)17/h3-13,32H,2,14H2,1H3/b31-13+. The Morgan fingerprint density at radius 3 is 2.26 bits per heavy atom. The van der Waals surface area contributed by atoms with Crippen molar-refractivity contribution in [2.75, 3.05) is 6.61 Å². The van der Waals surface area contributed by atoms with Crippen molar-refractivity contribution in [1.82, 2.24) is 5.43 Å². The van der Waals surface area contributed by atoms with Crippen molar-refractivity contribution >= 4 is 17.0 Å². The molecule has 0 aliphatic heterocycles. The van der Waals surface area contributed by atoms with E-state index in [1.54, 1.807) is 6.92 Å². The molecule has 0 aliphatic carbocycles. The third kappa shape index (κ3) is 5.35. The van der Waals surface area contributed by atoms with Crippen LogP contribution in [0.3, 0.4) is 0 Å². The fraction of sp³-hybridized carbons (Fsp3) is 0.261. The molecule has 0 bridgehead atoms. The Labute approximate surface area is 190 Å². The van der Waals surface area contributed by atoms with Crippen molar-refractivity contribution in [3.05, 3.63) is 71.8 Å². The topological polar surface area (TPSA) is 42.8 Å². The van der Waals surface area contributed by atoms with Crippen LogP contribution in [0.4, 0.5) is 30.7 Å². The smallest absolute Gasteiger partial charge is 0.462 e. The van der Waals surface area contributed by atoms with Crippen LogP contribution < -0.4 is 14.9 Å². The van der Waals surface area contributed by atoms with E-state index in [0.29, 0.717) is 17.4 Å². The third-order valence-electron chi connectivity index (χ3n) is 4.70. The molecule has 0 atom stereocenters. The van der Waals surface area contributed by atoms with Gasteiger partial charge < -0.3 is 9.47 Å². The number of hydrogen-bond donors (Lipinski definition) is 1.